The third-order valence-corrected chi connectivity index (χ3v) is 3.28. The van der Waals surface area contributed by atoms with Crippen molar-refractivity contribution in [3.8, 4) is 5.75 Å². The number of nitrogens with two attached hydrogens (primary N) is 1. The fourth-order valence-electron chi connectivity index (χ4n) is 2.07. The van der Waals surface area contributed by atoms with Crippen molar-refractivity contribution in [1.82, 2.24) is 0 Å². The van der Waals surface area contributed by atoms with Gasteiger partial charge in [-0.15, -0.1) is 0 Å². The summed E-state index contributed by atoms with van der Waals surface area (Å²) in [7, 11) is 0. The second-order valence-electron chi connectivity index (χ2n) is 5.22. The van der Waals surface area contributed by atoms with E-state index in [0.717, 1.165) is 5.56 Å². The number of aryl methyl sites for hydroxylation is 2. The summed E-state index contributed by atoms with van der Waals surface area (Å²) in [6.07, 6.45) is -0.250. The van der Waals surface area contributed by atoms with Gasteiger partial charge in [0, 0.05) is 6.04 Å². The maximum atomic E-state index is 13.3. The van der Waals surface area contributed by atoms with Crippen molar-refractivity contribution in [2.24, 2.45) is 5.73 Å². The topological polar surface area (TPSA) is 35.2 Å². The van der Waals surface area contributed by atoms with Gasteiger partial charge in [0.25, 0.3) is 0 Å². The molecule has 0 spiro atoms. The SMILES string of the molecule is Cc1ccc(C(Oc2ccc(F)c(C)c2)C(C)N)cc1. The Bertz CT molecular complexity index is 578. The van der Waals surface area contributed by atoms with Crippen LogP contribution in [0, 0.1) is 19.7 Å². The molecule has 2 unspecified atom stereocenters. The average molecular weight is 273 g/mol. The van der Waals surface area contributed by atoms with Gasteiger partial charge in [-0.1, -0.05) is 29.8 Å². The molecule has 0 aromatic heterocycles. The van der Waals surface area contributed by atoms with Crippen molar-refractivity contribution in [3.63, 3.8) is 0 Å². The summed E-state index contributed by atoms with van der Waals surface area (Å²) in [5.74, 6) is 0.400. The van der Waals surface area contributed by atoms with Crippen LogP contribution in [0.25, 0.3) is 0 Å². The highest BCUT2D eigenvalue weighted by Crippen LogP contribution is 2.26. The first-order valence-electron chi connectivity index (χ1n) is 6.72. The molecule has 0 saturated carbocycles. The number of hydrogen-bond acceptors (Lipinski definition) is 2. The van der Waals surface area contributed by atoms with Gasteiger partial charge in [-0.2, -0.15) is 0 Å². The lowest BCUT2D eigenvalue weighted by atomic mass is 10.0. The largest absolute Gasteiger partial charge is 0.484 e. The van der Waals surface area contributed by atoms with Gasteiger partial charge >= 0.3 is 0 Å². The smallest absolute Gasteiger partial charge is 0.138 e. The van der Waals surface area contributed by atoms with Crippen molar-refractivity contribution in [1.29, 1.82) is 0 Å². The number of rotatable bonds is 4. The predicted octanol–water partition coefficient (Wildman–Crippen LogP) is 3.91. The van der Waals surface area contributed by atoms with Gasteiger partial charge in [-0.05, 0) is 50.1 Å². The minimum Gasteiger partial charge on any atom is -0.484 e. The van der Waals surface area contributed by atoms with E-state index in [0.29, 0.717) is 11.3 Å². The van der Waals surface area contributed by atoms with Gasteiger partial charge in [0.05, 0.1) is 0 Å². The quantitative estimate of drug-likeness (QED) is 0.916. The van der Waals surface area contributed by atoms with Crippen LogP contribution in [0.5, 0.6) is 5.75 Å². The second kappa shape index (κ2) is 6.06. The maximum absolute atomic E-state index is 13.3. The van der Waals surface area contributed by atoms with Crippen LogP contribution in [0.2, 0.25) is 0 Å². The molecule has 0 aliphatic rings. The van der Waals surface area contributed by atoms with Crippen LogP contribution in [0.3, 0.4) is 0 Å². The van der Waals surface area contributed by atoms with Crippen LogP contribution >= 0.6 is 0 Å². The van der Waals surface area contributed by atoms with Gasteiger partial charge in [0.2, 0.25) is 0 Å². The summed E-state index contributed by atoms with van der Waals surface area (Å²) in [5.41, 5.74) is 8.80. The molecule has 0 aliphatic carbocycles. The molecule has 2 N–H and O–H groups in total. The van der Waals surface area contributed by atoms with E-state index in [9.17, 15) is 4.39 Å². The minimum absolute atomic E-state index is 0.164. The molecule has 2 aromatic rings. The van der Waals surface area contributed by atoms with E-state index in [-0.39, 0.29) is 18.0 Å². The van der Waals surface area contributed by atoms with Crippen LogP contribution in [-0.2, 0) is 0 Å². The van der Waals surface area contributed by atoms with Crippen molar-refractivity contribution in [2.45, 2.75) is 32.9 Å². The first-order valence-corrected chi connectivity index (χ1v) is 6.72. The second-order valence-corrected chi connectivity index (χ2v) is 5.22. The molecular weight excluding hydrogens is 253 g/mol. The van der Waals surface area contributed by atoms with Crippen LogP contribution in [0.4, 0.5) is 4.39 Å². The highest BCUT2D eigenvalue weighted by Gasteiger charge is 2.18. The lowest BCUT2D eigenvalue weighted by Crippen LogP contribution is -2.29. The third-order valence-electron chi connectivity index (χ3n) is 3.28. The number of ether oxygens (including phenoxy) is 1. The Morgan fingerprint density at radius 3 is 2.25 bits per heavy atom. The summed E-state index contributed by atoms with van der Waals surface area (Å²) in [6.45, 7) is 5.66. The molecule has 0 fully saturated rings. The van der Waals surface area contributed by atoms with Crippen molar-refractivity contribution >= 4 is 0 Å². The predicted molar refractivity (Wildman–Crippen MR) is 79.3 cm³/mol. The van der Waals surface area contributed by atoms with Crippen LogP contribution in [0.15, 0.2) is 42.5 Å². The van der Waals surface area contributed by atoms with E-state index in [1.807, 2.05) is 38.1 Å². The molecule has 0 radical (unpaired) electrons. The van der Waals surface area contributed by atoms with E-state index in [2.05, 4.69) is 0 Å². The van der Waals surface area contributed by atoms with Crippen LogP contribution in [0.1, 0.15) is 29.7 Å². The number of halogens is 1. The monoisotopic (exact) mass is 273 g/mol. The molecule has 2 atom stereocenters. The van der Waals surface area contributed by atoms with E-state index < -0.39 is 0 Å². The molecule has 2 aromatic carbocycles. The van der Waals surface area contributed by atoms with Crippen molar-refractivity contribution in [3.05, 3.63) is 65.0 Å². The van der Waals surface area contributed by atoms with E-state index in [1.165, 1.54) is 11.6 Å². The summed E-state index contributed by atoms with van der Waals surface area (Å²) < 4.78 is 19.2. The van der Waals surface area contributed by atoms with Gasteiger partial charge in [-0.25, -0.2) is 4.39 Å². The normalized spacial score (nSPS) is 13.8. The van der Waals surface area contributed by atoms with Gasteiger partial charge in [-0.3, -0.25) is 0 Å². The molecular formula is C17H20FNO. The highest BCUT2D eigenvalue weighted by atomic mass is 19.1. The number of hydrogen-bond donors (Lipinski definition) is 1. The zero-order valence-electron chi connectivity index (χ0n) is 12.1. The first-order chi connectivity index (χ1) is 9.47. The summed E-state index contributed by atoms with van der Waals surface area (Å²) in [5, 5.41) is 0. The highest BCUT2D eigenvalue weighted by molar-refractivity contribution is 5.31. The standard InChI is InChI=1S/C17H20FNO/c1-11-4-6-14(7-5-11)17(13(3)19)20-15-8-9-16(18)12(2)10-15/h4-10,13,17H,19H2,1-3H3. The minimum atomic E-state index is -0.250. The number of benzene rings is 2. The molecule has 0 aliphatic heterocycles. The lowest BCUT2D eigenvalue weighted by molar-refractivity contribution is 0.180. The fourth-order valence-corrected chi connectivity index (χ4v) is 2.07. The van der Waals surface area contributed by atoms with Gasteiger partial charge in [0.15, 0.2) is 0 Å². The molecule has 20 heavy (non-hydrogen) atoms. The van der Waals surface area contributed by atoms with E-state index >= 15 is 0 Å². The fraction of sp³-hybridized carbons (Fsp3) is 0.294. The molecule has 3 heteroatoms. The Balaban J connectivity index is 2.25. The van der Waals surface area contributed by atoms with Gasteiger partial charge < -0.3 is 10.5 Å². The zero-order valence-corrected chi connectivity index (χ0v) is 12.1. The van der Waals surface area contributed by atoms with Gasteiger partial charge in [0.1, 0.15) is 17.7 Å². The molecule has 2 rings (SSSR count). The Morgan fingerprint density at radius 2 is 1.70 bits per heavy atom. The summed E-state index contributed by atoms with van der Waals surface area (Å²) in [6, 6.07) is 12.7. The van der Waals surface area contributed by atoms with Crippen LogP contribution in [-0.4, -0.2) is 6.04 Å². The summed E-state index contributed by atoms with van der Waals surface area (Å²) >= 11 is 0. The van der Waals surface area contributed by atoms with Crippen molar-refractivity contribution < 1.29 is 9.13 Å². The zero-order chi connectivity index (χ0) is 14.7. The van der Waals surface area contributed by atoms with Crippen LogP contribution < -0.4 is 10.5 Å². The Morgan fingerprint density at radius 1 is 1.05 bits per heavy atom. The first kappa shape index (κ1) is 14.5. The maximum Gasteiger partial charge on any atom is 0.138 e. The Labute approximate surface area is 119 Å². The van der Waals surface area contributed by atoms with Crippen molar-refractivity contribution in [2.75, 3.05) is 0 Å². The van der Waals surface area contributed by atoms with E-state index in [1.54, 1.807) is 19.1 Å². The Hall–Kier alpha value is -1.87. The molecule has 0 amide bonds. The lowest BCUT2D eigenvalue weighted by Gasteiger charge is -2.23. The summed E-state index contributed by atoms with van der Waals surface area (Å²) in [4.78, 5) is 0. The molecule has 2 nitrogen and oxygen atoms in total. The average Bonchev–Trinajstić information content (AvgIpc) is 2.41. The molecule has 0 bridgehead atoms. The molecule has 0 heterocycles. The molecule has 0 saturated heterocycles. The van der Waals surface area contributed by atoms with E-state index in [4.69, 9.17) is 10.5 Å². The third kappa shape index (κ3) is 3.36. The molecule has 106 valence electrons. The Kier molecular flexibility index (Phi) is 4.40.